The van der Waals surface area contributed by atoms with Crippen molar-refractivity contribution in [3.05, 3.63) is 66.2 Å². The highest BCUT2D eigenvalue weighted by atomic mass is 32.2. The van der Waals surface area contributed by atoms with Crippen molar-refractivity contribution in [3.8, 4) is 11.5 Å². The van der Waals surface area contributed by atoms with Crippen molar-refractivity contribution in [2.75, 3.05) is 6.26 Å². The van der Waals surface area contributed by atoms with E-state index >= 15 is 0 Å². The predicted molar refractivity (Wildman–Crippen MR) is 79.5 cm³/mol. The smallest absolute Gasteiger partial charge is 0.372 e. The van der Waals surface area contributed by atoms with E-state index in [9.17, 15) is 0 Å². The molecule has 0 amide bonds. The lowest BCUT2D eigenvalue weighted by molar-refractivity contribution is -0.737. The molecule has 2 aromatic carbocycles. The molecule has 0 fully saturated rings. The summed E-state index contributed by atoms with van der Waals surface area (Å²) >= 11 is 1.51. The van der Waals surface area contributed by atoms with E-state index in [1.807, 2.05) is 59.5 Å². The summed E-state index contributed by atoms with van der Waals surface area (Å²) in [5.74, 6) is 0.791. The average molecular weight is 283 g/mol. The van der Waals surface area contributed by atoms with Crippen LogP contribution >= 0.6 is 11.8 Å². The molecule has 0 spiro atoms. The molecule has 0 aliphatic heterocycles. The van der Waals surface area contributed by atoms with E-state index in [0.717, 1.165) is 11.5 Å². The molecule has 0 aliphatic rings. The monoisotopic (exact) mass is 283 g/mol. The second kappa shape index (κ2) is 5.92. The first-order chi connectivity index (χ1) is 9.86. The van der Waals surface area contributed by atoms with E-state index in [0.29, 0.717) is 11.8 Å². The fourth-order valence-electron chi connectivity index (χ4n) is 2.03. The Bertz CT molecular complexity index is 680. The molecule has 0 bridgehead atoms. The van der Waals surface area contributed by atoms with E-state index < -0.39 is 0 Å². The van der Waals surface area contributed by atoms with Gasteiger partial charge < -0.3 is 4.42 Å². The largest absolute Gasteiger partial charge is 0.408 e. The molecule has 4 heteroatoms. The Hall–Kier alpha value is -2.07. The van der Waals surface area contributed by atoms with E-state index in [-0.39, 0.29) is 0 Å². The molecule has 20 heavy (non-hydrogen) atoms. The van der Waals surface area contributed by atoms with Crippen molar-refractivity contribution in [3.63, 3.8) is 0 Å². The fourth-order valence-corrected chi connectivity index (χ4v) is 2.38. The molecular formula is C16H15N2OS+. The molecule has 1 aromatic heterocycles. The second-order valence-electron chi connectivity index (χ2n) is 4.39. The Kier molecular flexibility index (Phi) is 3.83. The van der Waals surface area contributed by atoms with Gasteiger partial charge in [-0.15, -0.1) is 0 Å². The summed E-state index contributed by atoms with van der Waals surface area (Å²) in [6.45, 7) is 0.703. The highest BCUT2D eigenvalue weighted by Crippen LogP contribution is 2.20. The van der Waals surface area contributed by atoms with Crippen LogP contribution in [0.5, 0.6) is 0 Å². The lowest BCUT2D eigenvalue weighted by atomic mass is 10.2. The summed E-state index contributed by atoms with van der Waals surface area (Å²) in [5, 5.41) is 5.19. The second-order valence-corrected chi connectivity index (χ2v) is 5.14. The summed E-state index contributed by atoms with van der Waals surface area (Å²) < 4.78 is 7.75. The minimum absolute atomic E-state index is 0.680. The van der Waals surface area contributed by atoms with E-state index in [1.165, 1.54) is 17.3 Å². The van der Waals surface area contributed by atoms with Gasteiger partial charge in [-0.2, -0.15) is 0 Å². The third-order valence-corrected chi connectivity index (χ3v) is 3.51. The molecule has 0 aliphatic carbocycles. The topological polar surface area (TPSA) is 29.9 Å². The van der Waals surface area contributed by atoms with Gasteiger partial charge in [-0.3, -0.25) is 0 Å². The van der Waals surface area contributed by atoms with Crippen molar-refractivity contribution in [2.24, 2.45) is 0 Å². The SMILES string of the molecule is CSc1n[n+](Cc2ccccc2)c(-c2ccccc2)o1. The van der Waals surface area contributed by atoms with Crippen LogP contribution in [-0.4, -0.2) is 11.4 Å². The van der Waals surface area contributed by atoms with Gasteiger partial charge in [-0.25, -0.2) is 0 Å². The predicted octanol–water partition coefficient (Wildman–Crippen LogP) is 3.40. The number of hydrogen-bond donors (Lipinski definition) is 0. The number of rotatable bonds is 4. The van der Waals surface area contributed by atoms with Crippen LogP contribution in [0.2, 0.25) is 0 Å². The van der Waals surface area contributed by atoms with Crippen LogP contribution in [0, 0.1) is 0 Å². The molecule has 1 heterocycles. The third kappa shape index (κ3) is 2.75. The van der Waals surface area contributed by atoms with Gasteiger partial charge in [0.05, 0.1) is 10.7 Å². The van der Waals surface area contributed by atoms with Crippen molar-refractivity contribution in [1.82, 2.24) is 5.10 Å². The molecule has 0 N–H and O–H groups in total. The minimum Gasteiger partial charge on any atom is -0.372 e. The van der Waals surface area contributed by atoms with Crippen LogP contribution in [-0.2, 0) is 6.54 Å². The van der Waals surface area contributed by atoms with Crippen molar-refractivity contribution in [1.29, 1.82) is 0 Å². The lowest BCUT2D eigenvalue weighted by Crippen LogP contribution is -2.38. The number of thioether (sulfide) groups is 1. The average Bonchev–Trinajstić information content (AvgIpc) is 2.92. The summed E-state index contributed by atoms with van der Waals surface area (Å²) in [4.78, 5) is 0. The van der Waals surface area contributed by atoms with Crippen LogP contribution < -0.4 is 4.68 Å². The standard InChI is InChI=1S/C16H15N2OS/c1-20-16-17-18(12-13-8-4-2-5-9-13)15(19-16)14-10-6-3-7-11-14/h2-11H,12H2,1H3/q+1. The Morgan fingerprint density at radius 3 is 2.30 bits per heavy atom. The number of hydrogen-bond acceptors (Lipinski definition) is 3. The highest BCUT2D eigenvalue weighted by Gasteiger charge is 2.23. The molecular weight excluding hydrogens is 268 g/mol. The van der Waals surface area contributed by atoms with Crippen molar-refractivity contribution >= 4 is 11.8 Å². The van der Waals surface area contributed by atoms with Crippen LogP contribution in [0.25, 0.3) is 11.5 Å². The summed E-state index contributed by atoms with van der Waals surface area (Å²) in [6, 6.07) is 20.3. The van der Waals surface area contributed by atoms with Gasteiger partial charge in [0.1, 0.15) is 0 Å². The molecule has 0 radical (unpaired) electrons. The van der Waals surface area contributed by atoms with Crippen molar-refractivity contribution in [2.45, 2.75) is 11.8 Å². The minimum atomic E-state index is 0.680. The van der Waals surface area contributed by atoms with Crippen LogP contribution in [0.4, 0.5) is 0 Å². The molecule has 0 saturated carbocycles. The van der Waals surface area contributed by atoms with E-state index in [1.54, 1.807) is 0 Å². The van der Waals surface area contributed by atoms with Gasteiger partial charge in [0.15, 0.2) is 0 Å². The zero-order valence-electron chi connectivity index (χ0n) is 11.2. The molecule has 3 nitrogen and oxygen atoms in total. The molecule has 100 valence electrons. The molecule has 0 unspecified atom stereocenters. The van der Waals surface area contributed by atoms with Gasteiger partial charge in [0, 0.05) is 5.56 Å². The maximum absolute atomic E-state index is 5.84. The molecule has 3 aromatic rings. The molecule has 0 saturated heterocycles. The van der Waals surface area contributed by atoms with Crippen LogP contribution in [0.1, 0.15) is 5.56 Å². The first-order valence-corrected chi connectivity index (χ1v) is 7.63. The highest BCUT2D eigenvalue weighted by molar-refractivity contribution is 7.98. The van der Waals surface area contributed by atoms with Gasteiger partial charge in [0.25, 0.3) is 0 Å². The fraction of sp³-hybridized carbons (Fsp3) is 0.125. The number of aromatic nitrogens is 2. The normalized spacial score (nSPS) is 10.7. The maximum atomic E-state index is 5.84. The Morgan fingerprint density at radius 2 is 1.65 bits per heavy atom. The Balaban J connectivity index is 2.00. The van der Waals surface area contributed by atoms with Crippen LogP contribution in [0.15, 0.2) is 70.3 Å². The van der Waals surface area contributed by atoms with Gasteiger partial charge in [-0.05, 0) is 23.1 Å². The molecule has 0 atom stereocenters. The van der Waals surface area contributed by atoms with E-state index in [4.69, 9.17) is 4.42 Å². The Morgan fingerprint density at radius 1 is 1.00 bits per heavy atom. The van der Waals surface area contributed by atoms with Crippen LogP contribution in [0.3, 0.4) is 0 Å². The summed E-state index contributed by atoms with van der Waals surface area (Å²) in [7, 11) is 0. The zero-order valence-corrected chi connectivity index (χ0v) is 12.0. The first-order valence-electron chi connectivity index (χ1n) is 6.41. The Labute approximate surface area is 122 Å². The van der Waals surface area contributed by atoms with Gasteiger partial charge in [0.2, 0.25) is 6.54 Å². The quantitative estimate of drug-likeness (QED) is 0.543. The van der Waals surface area contributed by atoms with E-state index in [2.05, 4.69) is 17.2 Å². The van der Waals surface area contributed by atoms with Gasteiger partial charge in [-0.1, -0.05) is 60.3 Å². The lowest BCUT2D eigenvalue weighted by Gasteiger charge is -1.95. The summed E-state index contributed by atoms with van der Waals surface area (Å²) in [6.07, 6.45) is 1.97. The van der Waals surface area contributed by atoms with Gasteiger partial charge >= 0.3 is 11.1 Å². The molecule has 3 rings (SSSR count). The first kappa shape index (κ1) is 12.9. The zero-order chi connectivity index (χ0) is 13.8. The number of benzene rings is 2. The van der Waals surface area contributed by atoms with Crippen molar-refractivity contribution < 1.29 is 9.10 Å². The number of nitrogens with zero attached hydrogens (tertiary/aromatic N) is 2. The maximum Gasteiger partial charge on any atom is 0.408 e. The third-order valence-electron chi connectivity index (χ3n) is 2.99. The summed E-state index contributed by atoms with van der Waals surface area (Å²) in [5.41, 5.74) is 2.24.